The molecule has 0 aliphatic rings. The molecule has 0 fully saturated rings. The SMILES string of the molecule is Cc1ccccc1-c1ccc2c(sc3ccccc32)c1[C@@H](C)c1c(C)c(-c2ccccc2C(F)(F)F)c(-n2c3ccccc3c3ccc4c5ccccc5sc4c32)c(-c2ccccc2C(F)(F)F)c1C. The number of thiophene rings is 2. The molecule has 0 aliphatic heterocycles. The minimum absolute atomic E-state index is 0.115. The first kappa shape index (κ1) is 44.0. The van der Waals surface area contributed by atoms with E-state index >= 15 is 26.3 Å². The van der Waals surface area contributed by atoms with Crippen LogP contribution in [0.1, 0.15) is 51.8 Å². The Hall–Kier alpha value is -7.20. The van der Waals surface area contributed by atoms with Gasteiger partial charge < -0.3 is 4.57 Å². The molecule has 0 unspecified atom stereocenters. The second-order valence-corrected chi connectivity index (χ2v) is 20.3. The molecule has 0 spiro atoms. The summed E-state index contributed by atoms with van der Waals surface area (Å²) in [5.74, 6) is -0.540. The zero-order chi connectivity index (χ0) is 48.4. The molecule has 0 bridgehead atoms. The van der Waals surface area contributed by atoms with Gasteiger partial charge in [0, 0.05) is 63.5 Å². The van der Waals surface area contributed by atoms with Crippen molar-refractivity contribution in [1.29, 1.82) is 0 Å². The second kappa shape index (κ2) is 16.2. The van der Waals surface area contributed by atoms with E-state index < -0.39 is 29.4 Å². The van der Waals surface area contributed by atoms with Crippen molar-refractivity contribution >= 4 is 84.8 Å². The van der Waals surface area contributed by atoms with E-state index in [9.17, 15) is 0 Å². The highest BCUT2D eigenvalue weighted by Crippen LogP contribution is 2.55. The van der Waals surface area contributed by atoms with Crippen molar-refractivity contribution < 1.29 is 26.3 Å². The molecule has 3 heterocycles. The van der Waals surface area contributed by atoms with Crippen LogP contribution in [0.25, 0.3) is 101 Å². The van der Waals surface area contributed by atoms with Gasteiger partial charge in [-0.25, -0.2) is 0 Å². The van der Waals surface area contributed by atoms with Gasteiger partial charge in [0.25, 0.3) is 0 Å². The number of halogens is 6. The van der Waals surface area contributed by atoms with E-state index in [1.54, 1.807) is 34.8 Å². The number of alkyl halides is 6. The van der Waals surface area contributed by atoms with Crippen LogP contribution in [0.15, 0.2) is 170 Å². The molecule has 0 N–H and O–H groups in total. The number of aryl methyl sites for hydroxylation is 1. The Morgan fingerprint density at radius 1 is 0.414 bits per heavy atom. The summed E-state index contributed by atoms with van der Waals surface area (Å²) < 4.78 is 101. The number of hydrogen-bond donors (Lipinski definition) is 0. The lowest BCUT2D eigenvalue weighted by atomic mass is 9.76. The minimum atomic E-state index is -4.82. The zero-order valence-electron chi connectivity index (χ0n) is 38.3. The summed E-state index contributed by atoms with van der Waals surface area (Å²) >= 11 is 3.23. The molecular formula is C61H41F6NS2. The third-order valence-electron chi connectivity index (χ3n) is 14.3. The first-order valence-electron chi connectivity index (χ1n) is 23.1. The van der Waals surface area contributed by atoms with Crippen molar-refractivity contribution in [3.05, 3.63) is 209 Å². The molecule has 0 radical (unpaired) electrons. The normalized spacial score (nSPS) is 12.9. The van der Waals surface area contributed by atoms with Gasteiger partial charge in [-0.05, 0) is 101 Å². The molecule has 0 saturated heterocycles. The van der Waals surface area contributed by atoms with E-state index in [1.165, 1.54) is 24.3 Å². The highest BCUT2D eigenvalue weighted by Gasteiger charge is 2.40. The van der Waals surface area contributed by atoms with E-state index in [2.05, 4.69) is 62.4 Å². The Morgan fingerprint density at radius 3 is 1.46 bits per heavy atom. The molecule has 0 aliphatic carbocycles. The molecule has 0 amide bonds. The molecule has 1 atom stereocenters. The van der Waals surface area contributed by atoms with Crippen LogP contribution in [0, 0.1) is 20.8 Å². The van der Waals surface area contributed by atoms with Crippen molar-refractivity contribution in [2.75, 3.05) is 0 Å². The standard InChI is InChI=1S/C61H41F6NS2/c1-33-17-5-6-18-37(33)41-29-31-43-39-20-10-15-27-50(39)69-58(43)55(41)36(4)52-34(2)53(45-22-7-12-24-47(45)60(62,63)64)57(54(35(52)3)46-23-8-13-25-48(46)61(65,66)67)68-49-26-14-9-19-38(49)42-30-32-44-40-21-11-16-28-51(40)70-59(44)56(42)68/h5-32,36H,1-4H3/t36-/m0/s1. The summed E-state index contributed by atoms with van der Waals surface area (Å²) in [7, 11) is 0. The topological polar surface area (TPSA) is 4.93 Å². The number of aromatic nitrogens is 1. The molecule has 12 rings (SSSR count). The lowest BCUT2D eigenvalue weighted by Crippen LogP contribution is -2.15. The summed E-state index contributed by atoms with van der Waals surface area (Å²) in [6.45, 7) is 7.86. The number of benzene rings is 9. The summed E-state index contributed by atoms with van der Waals surface area (Å²) in [5.41, 5.74) is 5.80. The van der Waals surface area contributed by atoms with Gasteiger partial charge in [0.1, 0.15) is 0 Å². The number of para-hydroxylation sites is 1. The van der Waals surface area contributed by atoms with Crippen LogP contribution in [0.4, 0.5) is 26.3 Å². The van der Waals surface area contributed by atoms with Crippen LogP contribution in [0.5, 0.6) is 0 Å². The van der Waals surface area contributed by atoms with Crippen molar-refractivity contribution in [3.63, 3.8) is 0 Å². The maximum absolute atomic E-state index is 15.8. The molecule has 0 saturated carbocycles. The molecule has 344 valence electrons. The molecule has 70 heavy (non-hydrogen) atoms. The smallest absolute Gasteiger partial charge is 0.307 e. The monoisotopic (exact) mass is 965 g/mol. The van der Waals surface area contributed by atoms with E-state index in [4.69, 9.17) is 0 Å². The summed E-state index contributed by atoms with van der Waals surface area (Å²) in [5, 5.41) is 5.75. The van der Waals surface area contributed by atoms with Gasteiger partial charge in [-0.1, -0.05) is 146 Å². The van der Waals surface area contributed by atoms with Crippen molar-refractivity contribution in [1.82, 2.24) is 4.57 Å². The van der Waals surface area contributed by atoms with Crippen LogP contribution < -0.4 is 0 Å². The van der Waals surface area contributed by atoms with Crippen LogP contribution in [-0.2, 0) is 12.4 Å². The lowest BCUT2D eigenvalue weighted by molar-refractivity contribution is -0.137. The van der Waals surface area contributed by atoms with Gasteiger partial charge in [0.2, 0.25) is 0 Å². The molecular weight excluding hydrogens is 925 g/mol. The predicted molar refractivity (Wildman–Crippen MR) is 281 cm³/mol. The van der Waals surface area contributed by atoms with Gasteiger partial charge in [0.15, 0.2) is 0 Å². The molecule has 3 aromatic heterocycles. The Balaban J connectivity index is 1.33. The van der Waals surface area contributed by atoms with Crippen molar-refractivity contribution in [2.45, 2.75) is 46.0 Å². The summed E-state index contributed by atoms with van der Waals surface area (Å²) in [6, 6.07) is 51.5. The maximum atomic E-state index is 15.8. The summed E-state index contributed by atoms with van der Waals surface area (Å²) in [6.07, 6.45) is -9.64. The fraction of sp³-hybridized carbons (Fsp3) is 0.115. The zero-order valence-corrected chi connectivity index (χ0v) is 39.9. The lowest BCUT2D eigenvalue weighted by Gasteiger charge is -2.31. The van der Waals surface area contributed by atoms with Crippen LogP contribution in [0.2, 0.25) is 0 Å². The first-order valence-corrected chi connectivity index (χ1v) is 24.7. The Kier molecular flexibility index (Phi) is 10.2. The number of nitrogens with zero attached hydrogens (tertiary/aromatic N) is 1. The van der Waals surface area contributed by atoms with Crippen molar-refractivity contribution in [2.24, 2.45) is 0 Å². The summed E-state index contributed by atoms with van der Waals surface area (Å²) in [4.78, 5) is 0. The average molecular weight is 966 g/mol. The Morgan fingerprint density at radius 2 is 0.871 bits per heavy atom. The van der Waals surface area contributed by atoms with Gasteiger partial charge in [-0.2, -0.15) is 26.3 Å². The minimum Gasteiger partial charge on any atom is -0.307 e. The highest BCUT2D eigenvalue weighted by atomic mass is 32.1. The third-order valence-corrected chi connectivity index (χ3v) is 16.7. The fourth-order valence-corrected chi connectivity index (χ4v) is 14.0. The van der Waals surface area contributed by atoms with Gasteiger partial charge >= 0.3 is 12.4 Å². The molecule has 9 heteroatoms. The fourth-order valence-electron chi connectivity index (χ4n) is 11.4. The van der Waals surface area contributed by atoms with Crippen LogP contribution in [0.3, 0.4) is 0 Å². The molecule has 1 nitrogen and oxygen atoms in total. The second-order valence-electron chi connectivity index (χ2n) is 18.2. The van der Waals surface area contributed by atoms with E-state index in [-0.39, 0.29) is 27.9 Å². The average Bonchev–Trinajstić information content (AvgIpc) is 4.03. The van der Waals surface area contributed by atoms with Gasteiger partial charge in [-0.15, -0.1) is 22.7 Å². The quantitative estimate of drug-likeness (QED) is 0.146. The van der Waals surface area contributed by atoms with Crippen molar-refractivity contribution in [3.8, 4) is 39.1 Å². The van der Waals surface area contributed by atoms with Gasteiger partial charge in [0.05, 0.1) is 32.5 Å². The van der Waals surface area contributed by atoms with E-state index in [1.807, 2.05) is 91.2 Å². The Bertz CT molecular complexity index is 4020. The Labute approximate surface area is 407 Å². The van der Waals surface area contributed by atoms with Crippen LogP contribution in [-0.4, -0.2) is 4.57 Å². The highest BCUT2D eigenvalue weighted by molar-refractivity contribution is 7.27. The number of fused-ring (bicyclic) bond motifs is 10. The maximum Gasteiger partial charge on any atom is 0.417 e. The first-order chi connectivity index (χ1) is 33.7. The largest absolute Gasteiger partial charge is 0.417 e. The van der Waals surface area contributed by atoms with Gasteiger partial charge in [-0.3, -0.25) is 0 Å². The van der Waals surface area contributed by atoms with E-state index in [0.717, 1.165) is 85.5 Å². The number of hydrogen-bond acceptors (Lipinski definition) is 2. The predicted octanol–water partition coefficient (Wildman–Crippen LogP) is 19.6. The third kappa shape index (κ3) is 6.65. The molecule has 9 aromatic carbocycles. The van der Waals surface area contributed by atoms with E-state index in [0.29, 0.717) is 27.7 Å². The number of rotatable bonds is 6. The molecule has 12 aromatic rings. The van der Waals surface area contributed by atoms with Crippen LogP contribution >= 0.6 is 22.7 Å².